The molecule has 0 fully saturated rings. The summed E-state index contributed by atoms with van der Waals surface area (Å²) in [6, 6.07) is 17.7. The van der Waals surface area contributed by atoms with Gasteiger partial charge in [-0.2, -0.15) is 13.2 Å². The maximum atomic E-state index is 12.1. The lowest BCUT2D eigenvalue weighted by Crippen LogP contribution is -2.04. The van der Waals surface area contributed by atoms with Crippen molar-refractivity contribution in [3.8, 4) is 5.75 Å². The molecular formula is C20H21F4N3O. The first-order chi connectivity index (χ1) is 13.1. The number of methoxy groups -OCH3 is 1. The zero-order valence-electron chi connectivity index (χ0n) is 15.1. The Balaban J connectivity index is 0.000000213. The first-order valence-electron chi connectivity index (χ1n) is 7.95. The smallest absolute Gasteiger partial charge is 0.416 e. The van der Waals surface area contributed by atoms with Gasteiger partial charge in [0.15, 0.2) is 0 Å². The van der Waals surface area contributed by atoms with Crippen molar-refractivity contribution in [1.29, 1.82) is 0 Å². The maximum Gasteiger partial charge on any atom is 0.416 e. The lowest BCUT2D eigenvalue weighted by atomic mass is 10.2. The van der Waals surface area contributed by atoms with Crippen LogP contribution in [-0.2, 0) is 6.18 Å². The third kappa shape index (κ3) is 8.79. The summed E-state index contributed by atoms with van der Waals surface area (Å²) in [6.45, 7) is 0. The van der Waals surface area contributed by atoms with Crippen molar-refractivity contribution in [2.75, 3.05) is 24.3 Å². The summed E-state index contributed by atoms with van der Waals surface area (Å²) >= 11 is 0. The molecule has 28 heavy (non-hydrogen) atoms. The van der Waals surface area contributed by atoms with Gasteiger partial charge in [0.1, 0.15) is 11.6 Å². The molecule has 150 valence electrons. The van der Waals surface area contributed by atoms with E-state index in [1.54, 1.807) is 25.3 Å². The van der Waals surface area contributed by atoms with Gasteiger partial charge in [-0.3, -0.25) is 0 Å². The molecule has 0 aliphatic rings. The highest BCUT2D eigenvalue weighted by atomic mass is 19.4. The van der Waals surface area contributed by atoms with Crippen LogP contribution in [0.25, 0.3) is 0 Å². The van der Waals surface area contributed by atoms with E-state index < -0.39 is 11.7 Å². The first-order valence-corrected chi connectivity index (χ1v) is 7.95. The molecule has 6 N–H and O–H groups in total. The van der Waals surface area contributed by atoms with Crippen LogP contribution < -0.4 is 21.9 Å². The average molecular weight is 395 g/mol. The zero-order chi connectivity index (χ0) is 21.2. The van der Waals surface area contributed by atoms with E-state index in [9.17, 15) is 17.6 Å². The van der Waals surface area contributed by atoms with Crippen LogP contribution in [0.1, 0.15) is 5.56 Å². The number of anilines is 3. The number of hydrogen-bond donors (Lipinski definition) is 3. The minimum Gasteiger partial charge on any atom is -0.497 e. The number of nitrogens with two attached hydrogens (primary N) is 3. The Morgan fingerprint density at radius 2 is 1.21 bits per heavy atom. The van der Waals surface area contributed by atoms with Crippen molar-refractivity contribution >= 4 is 17.1 Å². The van der Waals surface area contributed by atoms with Crippen molar-refractivity contribution in [2.45, 2.75) is 6.18 Å². The van der Waals surface area contributed by atoms with Crippen LogP contribution in [0.5, 0.6) is 5.75 Å². The average Bonchev–Trinajstić information content (AvgIpc) is 2.62. The van der Waals surface area contributed by atoms with E-state index >= 15 is 0 Å². The Hall–Kier alpha value is -3.42. The minimum atomic E-state index is -4.30. The highest BCUT2D eigenvalue weighted by molar-refractivity contribution is 5.43. The largest absolute Gasteiger partial charge is 0.497 e. The Kier molecular flexibility index (Phi) is 8.61. The van der Waals surface area contributed by atoms with Gasteiger partial charge < -0.3 is 21.9 Å². The lowest BCUT2D eigenvalue weighted by molar-refractivity contribution is -0.137. The molecule has 0 radical (unpaired) electrons. The number of hydrogen-bond acceptors (Lipinski definition) is 4. The molecule has 3 aromatic rings. The van der Waals surface area contributed by atoms with Gasteiger partial charge >= 0.3 is 6.18 Å². The van der Waals surface area contributed by atoms with Crippen LogP contribution >= 0.6 is 0 Å². The van der Waals surface area contributed by atoms with E-state index in [2.05, 4.69) is 0 Å². The van der Waals surface area contributed by atoms with Crippen molar-refractivity contribution in [1.82, 2.24) is 0 Å². The molecule has 0 aliphatic heterocycles. The molecule has 3 aromatic carbocycles. The Morgan fingerprint density at radius 1 is 0.714 bits per heavy atom. The number of halogens is 4. The van der Waals surface area contributed by atoms with Crippen molar-refractivity contribution < 1.29 is 22.3 Å². The molecule has 0 aromatic heterocycles. The topological polar surface area (TPSA) is 87.3 Å². The van der Waals surface area contributed by atoms with Gasteiger partial charge in [-0.05, 0) is 48.5 Å². The fourth-order valence-electron chi connectivity index (χ4n) is 1.86. The zero-order valence-corrected chi connectivity index (χ0v) is 15.1. The normalized spacial score (nSPS) is 10.0. The molecule has 0 spiro atoms. The molecule has 3 rings (SSSR count). The maximum absolute atomic E-state index is 12.1. The monoisotopic (exact) mass is 395 g/mol. The minimum absolute atomic E-state index is 0.125. The molecule has 0 amide bonds. The van der Waals surface area contributed by atoms with Crippen LogP contribution in [-0.4, -0.2) is 7.11 Å². The van der Waals surface area contributed by atoms with Crippen LogP contribution in [0, 0.1) is 5.82 Å². The highest BCUT2D eigenvalue weighted by Crippen LogP contribution is 2.29. The third-order valence-corrected chi connectivity index (χ3v) is 3.16. The van der Waals surface area contributed by atoms with Gasteiger partial charge in [-0.1, -0.05) is 18.2 Å². The Bertz CT molecular complexity index is 853. The predicted octanol–water partition coefficient (Wildman–Crippen LogP) is 4.97. The molecule has 0 aliphatic carbocycles. The summed E-state index contributed by atoms with van der Waals surface area (Å²) in [5.74, 6) is 0.514. The second-order valence-corrected chi connectivity index (χ2v) is 5.45. The summed E-state index contributed by atoms with van der Waals surface area (Å²) in [5, 5.41) is 0. The number of rotatable bonds is 1. The molecule has 0 saturated carbocycles. The number of alkyl halides is 3. The first kappa shape index (κ1) is 22.6. The second-order valence-electron chi connectivity index (χ2n) is 5.45. The summed E-state index contributed by atoms with van der Waals surface area (Å²) in [4.78, 5) is 0. The van der Waals surface area contributed by atoms with Crippen LogP contribution in [0.15, 0.2) is 72.8 Å². The molecule has 0 heterocycles. The molecule has 0 saturated heterocycles. The number of benzene rings is 3. The number of nitrogen functional groups attached to an aromatic ring is 3. The van der Waals surface area contributed by atoms with Crippen LogP contribution in [0.4, 0.5) is 34.6 Å². The standard InChI is InChI=1S/C7H6F3N.C7H9NO.C6H6FN/c8-7(9,10)5-2-1-3-6(11)4-5;1-9-7-4-2-3-6(8)5-7;7-5-2-1-3-6(8)4-5/h1-4H,11H2;2-5H,8H2,1H3;1-4H,8H2. The fourth-order valence-corrected chi connectivity index (χ4v) is 1.86. The van der Waals surface area contributed by atoms with Gasteiger partial charge in [-0.15, -0.1) is 0 Å². The third-order valence-electron chi connectivity index (χ3n) is 3.16. The molecule has 0 unspecified atom stereocenters. The molecule has 8 heteroatoms. The SMILES string of the molecule is COc1cccc(N)c1.Nc1cccc(C(F)(F)F)c1.Nc1cccc(F)c1. The predicted molar refractivity (Wildman–Crippen MR) is 104 cm³/mol. The second kappa shape index (κ2) is 10.7. The summed E-state index contributed by atoms with van der Waals surface area (Å²) < 4.78 is 52.7. The summed E-state index contributed by atoms with van der Waals surface area (Å²) in [6.07, 6.45) is -4.30. The Morgan fingerprint density at radius 3 is 1.54 bits per heavy atom. The molecular weight excluding hydrogens is 374 g/mol. The molecule has 0 bridgehead atoms. The van der Waals surface area contributed by atoms with Gasteiger partial charge in [0, 0.05) is 23.1 Å². The van der Waals surface area contributed by atoms with Gasteiger partial charge in [0.05, 0.1) is 12.7 Å². The molecule has 0 atom stereocenters. The van der Waals surface area contributed by atoms with E-state index in [-0.39, 0.29) is 11.5 Å². The summed E-state index contributed by atoms with van der Waals surface area (Å²) in [5.41, 5.74) is 16.4. The fraction of sp³-hybridized carbons (Fsp3) is 0.100. The van der Waals surface area contributed by atoms with Gasteiger partial charge in [0.2, 0.25) is 0 Å². The Labute approximate surface area is 160 Å². The van der Waals surface area contributed by atoms with Gasteiger partial charge in [0.25, 0.3) is 0 Å². The molecule has 4 nitrogen and oxygen atoms in total. The van der Waals surface area contributed by atoms with E-state index in [1.807, 2.05) is 18.2 Å². The van der Waals surface area contributed by atoms with Crippen molar-refractivity contribution in [3.05, 3.63) is 84.2 Å². The van der Waals surface area contributed by atoms with E-state index in [1.165, 1.54) is 24.3 Å². The van der Waals surface area contributed by atoms with Gasteiger partial charge in [-0.25, -0.2) is 4.39 Å². The number of ether oxygens (including phenoxy) is 1. The quantitative estimate of drug-likeness (QED) is 0.401. The van der Waals surface area contributed by atoms with Crippen molar-refractivity contribution in [2.24, 2.45) is 0 Å². The van der Waals surface area contributed by atoms with E-state index in [4.69, 9.17) is 21.9 Å². The highest BCUT2D eigenvalue weighted by Gasteiger charge is 2.30. The van der Waals surface area contributed by atoms with Crippen LogP contribution in [0.2, 0.25) is 0 Å². The van der Waals surface area contributed by atoms with E-state index in [0.717, 1.165) is 23.6 Å². The van der Waals surface area contributed by atoms with Crippen LogP contribution in [0.3, 0.4) is 0 Å². The summed E-state index contributed by atoms with van der Waals surface area (Å²) in [7, 11) is 1.62. The van der Waals surface area contributed by atoms with Crippen molar-refractivity contribution in [3.63, 3.8) is 0 Å². The van der Waals surface area contributed by atoms with E-state index in [0.29, 0.717) is 5.69 Å². The lowest BCUT2D eigenvalue weighted by Gasteiger charge is -2.05.